The second-order valence-corrected chi connectivity index (χ2v) is 19.4. The number of aryl methyl sites for hydroxylation is 2. The minimum absolute atomic E-state index is 0. The molecule has 0 radical (unpaired) electrons. The molecule has 2 amide bonds. The standard InChI is InChI=1S/2C26H22ClN3O6S.Ba/c2*1-3-15-13-21(27)22(14-23(15)37(33,34)35)29-30-24-19-7-5-4-6-16(19)12-20(25(24)31)26(32)28-17-8-10-18(36-2)11-9-17;/h2*4-14,31H,3H2,1-2H3,(H,28,32)(H,33,34,35);/q;;+2/p-2. The molecule has 8 aromatic rings. The van der Waals surface area contributed by atoms with Gasteiger partial charge in [0, 0.05) is 27.7 Å². The van der Waals surface area contributed by atoms with Crippen LogP contribution < -0.4 is 25.2 Å². The van der Waals surface area contributed by atoms with Gasteiger partial charge in [-0.1, -0.05) is 91.3 Å². The molecule has 0 bridgehead atoms. The summed E-state index contributed by atoms with van der Waals surface area (Å²) in [5.41, 5.74) is 0.990. The van der Waals surface area contributed by atoms with Crippen molar-refractivity contribution in [2.75, 3.05) is 24.9 Å². The molecule has 0 fully saturated rings. The van der Waals surface area contributed by atoms with Crippen molar-refractivity contribution in [3.05, 3.63) is 166 Å². The van der Waals surface area contributed by atoms with Crippen molar-refractivity contribution in [1.29, 1.82) is 0 Å². The van der Waals surface area contributed by atoms with Crippen molar-refractivity contribution < 1.29 is 55.2 Å². The number of methoxy groups -OCH3 is 2. The minimum atomic E-state index is -4.80. The molecule has 0 heterocycles. The first kappa shape index (κ1) is 57.9. The molecule has 0 saturated heterocycles. The number of hydrogen-bond donors (Lipinski definition) is 4. The van der Waals surface area contributed by atoms with E-state index < -0.39 is 48.4 Å². The quantitative estimate of drug-likeness (QED) is 0.0449. The van der Waals surface area contributed by atoms with E-state index >= 15 is 0 Å². The number of anilines is 2. The Morgan fingerprint density at radius 1 is 0.600 bits per heavy atom. The smallest absolute Gasteiger partial charge is 0.870 e. The van der Waals surface area contributed by atoms with Crippen LogP contribution in [0.25, 0.3) is 21.5 Å². The molecular weight excluding hydrogens is 1170 g/mol. The first-order valence-electron chi connectivity index (χ1n) is 22.0. The summed E-state index contributed by atoms with van der Waals surface area (Å²) in [5.74, 6) is -1.12. The Bertz CT molecular complexity index is 3530. The molecule has 75 heavy (non-hydrogen) atoms. The summed E-state index contributed by atoms with van der Waals surface area (Å²) in [6.07, 6.45) is 0.567. The molecule has 0 atom stereocenters. The molecule has 8 rings (SSSR count). The number of aromatic hydroxyl groups is 1. The summed E-state index contributed by atoms with van der Waals surface area (Å²) in [5, 5.41) is 48.2. The Labute approximate surface area is 481 Å². The van der Waals surface area contributed by atoms with Gasteiger partial charge in [0.1, 0.15) is 38.7 Å². The largest absolute Gasteiger partial charge is 2.00 e. The maximum atomic E-state index is 13.3. The van der Waals surface area contributed by atoms with E-state index in [2.05, 4.69) is 31.1 Å². The van der Waals surface area contributed by atoms with E-state index in [1.807, 2.05) is 0 Å². The molecule has 0 unspecified atom stereocenters. The predicted octanol–water partition coefficient (Wildman–Crippen LogP) is 12.0. The second-order valence-electron chi connectivity index (χ2n) is 15.9. The van der Waals surface area contributed by atoms with Gasteiger partial charge >= 0.3 is 48.9 Å². The van der Waals surface area contributed by atoms with Crippen LogP contribution in [0.15, 0.2) is 164 Å². The third kappa shape index (κ3) is 13.7. The summed E-state index contributed by atoms with van der Waals surface area (Å²) in [6.45, 7) is 3.40. The number of phenolic OH excluding ortho intramolecular Hbond substituents is 1. The van der Waals surface area contributed by atoms with Crippen LogP contribution in [-0.4, -0.2) is 106 Å². The Morgan fingerprint density at radius 2 is 1.01 bits per heavy atom. The summed E-state index contributed by atoms with van der Waals surface area (Å²) in [6, 6.07) is 34.9. The van der Waals surface area contributed by atoms with Crippen molar-refractivity contribution in [2.45, 2.75) is 36.5 Å². The predicted molar refractivity (Wildman–Crippen MR) is 284 cm³/mol. The minimum Gasteiger partial charge on any atom is -0.870 e. The van der Waals surface area contributed by atoms with E-state index in [0.29, 0.717) is 56.4 Å². The topological polar surface area (TPSA) is 281 Å². The molecule has 0 aliphatic rings. The number of amides is 2. The van der Waals surface area contributed by atoms with E-state index in [-0.39, 0.29) is 110 Å². The third-order valence-electron chi connectivity index (χ3n) is 11.2. The number of benzene rings is 8. The van der Waals surface area contributed by atoms with Crippen molar-refractivity contribution >= 4 is 160 Å². The summed E-state index contributed by atoms with van der Waals surface area (Å²) >= 11 is 12.5. The van der Waals surface area contributed by atoms with Gasteiger partial charge < -0.3 is 34.9 Å². The third-order valence-corrected chi connectivity index (χ3v) is 13.7. The SMILES string of the molecule is CCc1cc(Cl)c(N=Nc2c(O)c(C(=O)Nc3ccc(OC)cc3)cc3ccccc23)cc1S(=O)(=O)O.CCc1cc(Cl)c(N=Nc2c([O-])c(C(=O)Nc3ccc(OC)cc3)cc3ccccc23)cc1S(=O)(=O)[O-].[Ba+2]. The van der Waals surface area contributed by atoms with E-state index in [1.54, 1.807) is 111 Å². The Morgan fingerprint density at radius 3 is 1.47 bits per heavy atom. The molecule has 0 saturated carbocycles. The maximum Gasteiger partial charge on any atom is 2.00 e. The molecule has 0 aliphatic carbocycles. The number of halogens is 2. The molecule has 23 heteroatoms. The van der Waals surface area contributed by atoms with Gasteiger partial charge in [-0.05, 0) is 120 Å². The molecule has 0 aliphatic heterocycles. The number of rotatable bonds is 14. The first-order chi connectivity index (χ1) is 35.2. The van der Waals surface area contributed by atoms with Crippen molar-refractivity contribution in [1.82, 2.24) is 0 Å². The van der Waals surface area contributed by atoms with Crippen LogP contribution >= 0.6 is 23.2 Å². The number of nitrogens with one attached hydrogen (secondary N) is 2. The molecule has 8 aromatic carbocycles. The van der Waals surface area contributed by atoms with Crippen LogP contribution in [0.2, 0.25) is 10.0 Å². The number of ether oxygens (including phenoxy) is 2. The average Bonchev–Trinajstić information content (AvgIpc) is 3.38. The second kappa shape index (κ2) is 25.0. The Hall–Kier alpha value is -6.41. The number of azo groups is 2. The fourth-order valence-corrected chi connectivity index (χ4v) is 9.49. The van der Waals surface area contributed by atoms with Gasteiger partial charge in [-0.15, -0.1) is 15.3 Å². The van der Waals surface area contributed by atoms with Crippen LogP contribution in [0.4, 0.5) is 34.1 Å². The van der Waals surface area contributed by atoms with Crippen molar-refractivity contribution in [3.8, 4) is 23.0 Å². The van der Waals surface area contributed by atoms with E-state index in [4.69, 9.17) is 32.7 Å². The van der Waals surface area contributed by atoms with Crippen LogP contribution in [-0.2, 0) is 33.1 Å². The molecule has 18 nitrogen and oxygen atoms in total. The van der Waals surface area contributed by atoms with Crippen molar-refractivity contribution in [3.63, 3.8) is 0 Å². The monoisotopic (exact) mass is 1210 g/mol. The van der Waals surface area contributed by atoms with Crippen molar-refractivity contribution in [2.24, 2.45) is 20.5 Å². The van der Waals surface area contributed by atoms with Crippen LogP contribution in [0.5, 0.6) is 23.0 Å². The molecule has 4 N–H and O–H groups in total. The summed E-state index contributed by atoms with van der Waals surface area (Å²) in [4.78, 5) is 25.2. The fourth-order valence-electron chi connectivity index (χ4n) is 7.47. The average molecular weight is 1220 g/mol. The van der Waals surface area contributed by atoms with Crippen LogP contribution in [0, 0.1) is 0 Å². The zero-order valence-electron chi connectivity index (χ0n) is 40.2. The van der Waals surface area contributed by atoms with Gasteiger partial charge in [0.2, 0.25) is 0 Å². The van der Waals surface area contributed by atoms with Gasteiger partial charge in [-0.2, -0.15) is 13.5 Å². The Balaban J connectivity index is 0.000000241. The summed E-state index contributed by atoms with van der Waals surface area (Å²) < 4.78 is 78.6. The summed E-state index contributed by atoms with van der Waals surface area (Å²) in [7, 11) is -6.27. The zero-order chi connectivity index (χ0) is 53.5. The maximum absolute atomic E-state index is 13.3. The zero-order valence-corrected chi connectivity index (χ0v) is 47.7. The number of hydrogen-bond acceptors (Lipinski definition) is 15. The van der Waals surface area contributed by atoms with Crippen LogP contribution in [0.3, 0.4) is 0 Å². The Kier molecular flexibility index (Phi) is 19.3. The molecule has 0 aromatic heterocycles. The fraction of sp³-hybridized carbons (Fsp3) is 0.115. The number of phenols is 1. The number of carbonyl (C=O) groups excluding carboxylic acids is 2. The molecule has 0 spiro atoms. The van der Waals surface area contributed by atoms with Gasteiger partial charge in [0.25, 0.3) is 21.9 Å². The van der Waals surface area contributed by atoms with Gasteiger partial charge in [-0.3, -0.25) is 14.1 Å². The van der Waals surface area contributed by atoms with E-state index in [0.717, 1.165) is 12.1 Å². The number of fused-ring (bicyclic) bond motifs is 2. The van der Waals surface area contributed by atoms with Gasteiger partial charge in [0.15, 0.2) is 5.75 Å². The molecule has 380 valence electrons. The molecular formula is C52H42BaCl2N6O12S2. The van der Waals surface area contributed by atoms with E-state index in [1.165, 1.54) is 38.5 Å². The number of nitrogens with zero attached hydrogens (tertiary/aromatic N) is 4. The van der Waals surface area contributed by atoms with Gasteiger partial charge in [0.05, 0.1) is 45.3 Å². The first-order valence-corrected chi connectivity index (χ1v) is 25.6. The normalized spacial score (nSPS) is 11.5. The number of carbonyl (C=O) groups is 2. The van der Waals surface area contributed by atoms with Gasteiger partial charge in [-0.25, -0.2) is 8.42 Å². The van der Waals surface area contributed by atoms with E-state index in [9.17, 15) is 45.7 Å². The van der Waals surface area contributed by atoms with Crippen LogP contribution in [0.1, 0.15) is 45.7 Å².